The molecule has 0 aromatic carbocycles. The Morgan fingerprint density at radius 3 is 2.55 bits per heavy atom. The van der Waals surface area contributed by atoms with Crippen molar-refractivity contribution in [3.8, 4) is 0 Å². The molecule has 7 heteroatoms. The summed E-state index contributed by atoms with van der Waals surface area (Å²) in [5.74, 6) is 0.251. The zero-order valence-electron chi connectivity index (χ0n) is 13.4. The minimum atomic E-state index is 0. The molecule has 2 aliphatic rings. The van der Waals surface area contributed by atoms with E-state index in [1.54, 1.807) is 0 Å². The molecule has 0 saturated carbocycles. The number of nitrogens with one attached hydrogen (secondary N) is 3. The molecule has 2 rings (SSSR count). The molecule has 0 radical (unpaired) electrons. The molecule has 2 fully saturated rings. The Kier molecular flexibility index (Phi) is 8.75. The van der Waals surface area contributed by atoms with Crippen LogP contribution in [0.15, 0.2) is 0 Å². The molecule has 3 N–H and O–H groups in total. The highest BCUT2D eigenvalue weighted by Gasteiger charge is 2.26. The Bertz CT molecular complexity index is 353. The van der Waals surface area contributed by atoms with Crippen LogP contribution in [0.4, 0.5) is 0 Å². The van der Waals surface area contributed by atoms with Gasteiger partial charge in [0.15, 0.2) is 0 Å². The van der Waals surface area contributed by atoms with Crippen molar-refractivity contribution in [2.24, 2.45) is 0 Å². The third-order valence-electron chi connectivity index (χ3n) is 4.25. The average Bonchev–Trinajstić information content (AvgIpc) is 3.01. The Labute approximate surface area is 139 Å². The summed E-state index contributed by atoms with van der Waals surface area (Å²) in [7, 11) is 0. The molecule has 2 saturated heterocycles. The first-order valence-electron chi connectivity index (χ1n) is 8.22. The molecular formula is C15H29ClN4O2. The molecule has 0 aromatic rings. The summed E-state index contributed by atoms with van der Waals surface area (Å²) < 4.78 is 0. The van der Waals surface area contributed by atoms with Gasteiger partial charge in [0.1, 0.15) is 0 Å². The molecule has 0 bridgehead atoms. The molecule has 22 heavy (non-hydrogen) atoms. The van der Waals surface area contributed by atoms with Crippen molar-refractivity contribution in [3.05, 3.63) is 0 Å². The van der Waals surface area contributed by atoms with E-state index in [0.717, 1.165) is 58.3 Å². The summed E-state index contributed by atoms with van der Waals surface area (Å²) in [5, 5.41) is 9.27. The van der Waals surface area contributed by atoms with Crippen LogP contribution in [0.25, 0.3) is 0 Å². The van der Waals surface area contributed by atoms with Gasteiger partial charge >= 0.3 is 0 Å². The largest absolute Gasteiger partial charge is 0.355 e. The molecule has 2 amide bonds. The van der Waals surface area contributed by atoms with Crippen LogP contribution >= 0.6 is 12.4 Å². The fraction of sp³-hybridized carbons (Fsp3) is 0.867. The Balaban J connectivity index is 0.00000242. The van der Waals surface area contributed by atoms with Crippen molar-refractivity contribution in [1.29, 1.82) is 0 Å². The molecule has 0 spiro atoms. The van der Waals surface area contributed by atoms with Crippen molar-refractivity contribution in [3.63, 3.8) is 0 Å². The Morgan fingerprint density at radius 1 is 1.23 bits per heavy atom. The monoisotopic (exact) mass is 332 g/mol. The van der Waals surface area contributed by atoms with E-state index < -0.39 is 0 Å². The second-order valence-corrected chi connectivity index (χ2v) is 6.06. The van der Waals surface area contributed by atoms with Crippen LogP contribution in [-0.4, -0.2) is 61.5 Å². The molecule has 2 heterocycles. The third kappa shape index (κ3) is 6.10. The highest BCUT2D eigenvalue weighted by molar-refractivity contribution is 5.85. The molecule has 0 aromatic heterocycles. The SMILES string of the molecule is CCCNC(=O)CN1CCC(NC(=O)C2CCCN2)CC1.Cl. The van der Waals surface area contributed by atoms with E-state index in [1.165, 1.54) is 0 Å². The maximum Gasteiger partial charge on any atom is 0.237 e. The lowest BCUT2D eigenvalue weighted by Crippen LogP contribution is -2.50. The van der Waals surface area contributed by atoms with Crippen LogP contribution in [0.2, 0.25) is 0 Å². The standard InChI is InChI=1S/C15H28N4O2.ClH/c1-2-7-17-14(20)11-19-9-5-12(6-10-19)18-15(21)13-4-3-8-16-13;/h12-13,16H,2-11H2,1H3,(H,17,20)(H,18,21);1H. The van der Waals surface area contributed by atoms with Gasteiger partial charge < -0.3 is 16.0 Å². The number of amides is 2. The summed E-state index contributed by atoms with van der Waals surface area (Å²) in [6.45, 7) is 5.98. The van der Waals surface area contributed by atoms with Crippen molar-refractivity contribution >= 4 is 24.2 Å². The van der Waals surface area contributed by atoms with Gasteiger partial charge in [-0.15, -0.1) is 12.4 Å². The lowest BCUT2D eigenvalue weighted by Gasteiger charge is -2.32. The number of piperidine rings is 1. The van der Waals surface area contributed by atoms with E-state index in [4.69, 9.17) is 0 Å². The summed E-state index contributed by atoms with van der Waals surface area (Å²) in [6.07, 6.45) is 4.86. The molecular weight excluding hydrogens is 304 g/mol. The number of halogens is 1. The Hall–Kier alpha value is -0.850. The molecule has 1 atom stereocenters. The lowest BCUT2D eigenvalue weighted by atomic mass is 10.0. The highest BCUT2D eigenvalue weighted by atomic mass is 35.5. The summed E-state index contributed by atoms with van der Waals surface area (Å²) in [5.41, 5.74) is 0. The predicted molar refractivity (Wildman–Crippen MR) is 89.2 cm³/mol. The first kappa shape index (κ1) is 19.2. The zero-order valence-corrected chi connectivity index (χ0v) is 14.2. The van der Waals surface area contributed by atoms with E-state index in [0.29, 0.717) is 6.54 Å². The van der Waals surface area contributed by atoms with Gasteiger partial charge in [-0.05, 0) is 38.6 Å². The van der Waals surface area contributed by atoms with E-state index in [1.807, 2.05) is 6.92 Å². The number of hydrogen-bond donors (Lipinski definition) is 3. The van der Waals surface area contributed by atoms with Crippen molar-refractivity contribution < 1.29 is 9.59 Å². The molecule has 2 aliphatic heterocycles. The molecule has 128 valence electrons. The predicted octanol–water partition coefficient (Wildman–Crippen LogP) is 0.267. The van der Waals surface area contributed by atoms with E-state index in [2.05, 4.69) is 20.9 Å². The van der Waals surface area contributed by atoms with Gasteiger partial charge in [0.05, 0.1) is 12.6 Å². The number of hydrogen-bond acceptors (Lipinski definition) is 4. The quantitative estimate of drug-likeness (QED) is 0.652. The van der Waals surface area contributed by atoms with Gasteiger partial charge in [0, 0.05) is 25.7 Å². The van der Waals surface area contributed by atoms with Crippen LogP contribution in [0.3, 0.4) is 0 Å². The van der Waals surface area contributed by atoms with Gasteiger partial charge in [-0.3, -0.25) is 14.5 Å². The first-order valence-corrected chi connectivity index (χ1v) is 8.22. The maximum atomic E-state index is 12.0. The van der Waals surface area contributed by atoms with E-state index in [9.17, 15) is 9.59 Å². The van der Waals surface area contributed by atoms with Gasteiger partial charge in [0.2, 0.25) is 11.8 Å². The van der Waals surface area contributed by atoms with Crippen LogP contribution in [0.5, 0.6) is 0 Å². The van der Waals surface area contributed by atoms with Crippen LogP contribution in [0.1, 0.15) is 39.0 Å². The topological polar surface area (TPSA) is 73.5 Å². The van der Waals surface area contributed by atoms with Crippen molar-refractivity contribution in [1.82, 2.24) is 20.9 Å². The minimum absolute atomic E-state index is 0. The van der Waals surface area contributed by atoms with E-state index in [-0.39, 0.29) is 36.3 Å². The molecule has 6 nitrogen and oxygen atoms in total. The Morgan fingerprint density at radius 2 is 1.95 bits per heavy atom. The van der Waals surface area contributed by atoms with Crippen LogP contribution in [-0.2, 0) is 9.59 Å². The van der Waals surface area contributed by atoms with Crippen LogP contribution < -0.4 is 16.0 Å². The van der Waals surface area contributed by atoms with Gasteiger partial charge in [-0.1, -0.05) is 6.92 Å². The van der Waals surface area contributed by atoms with Crippen molar-refractivity contribution in [2.45, 2.75) is 51.1 Å². The first-order chi connectivity index (χ1) is 10.2. The number of nitrogens with zero attached hydrogens (tertiary/aromatic N) is 1. The smallest absolute Gasteiger partial charge is 0.237 e. The molecule has 0 aliphatic carbocycles. The second kappa shape index (κ2) is 10.0. The maximum absolute atomic E-state index is 12.0. The number of rotatable bonds is 6. The van der Waals surface area contributed by atoms with Gasteiger partial charge in [0.25, 0.3) is 0 Å². The van der Waals surface area contributed by atoms with Gasteiger partial charge in [-0.25, -0.2) is 0 Å². The fourth-order valence-electron chi connectivity index (χ4n) is 2.97. The number of carbonyl (C=O) groups excluding carboxylic acids is 2. The highest BCUT2D eigenvalue weighted by Crippen LogP contribution is 2.11. The fourth-order valence-corrected chi connectivity index (χ4v) is 2.97. The van der Waals surface area contributed by atoms with Crippen LogP contribution in [0, 0.1) is 0 Å². The number of likely N-dealkylation sites (tertiary alicyclic amines) is 1. The van der Waals surface area contributed by atoms with E-state index >= 15 is 0 Å². The minimum Gasteiger partial charge on any atom is -0.355 e. The summed E-state index contributed by atoms with van der Waals surface area (Å²) >= 11 is 0. The zero-order chi connectivity index (χ0) is 15.1. The van der Waals surface area contributed by atoms with Gasteiger partial charge in [-0.2, -0.15) is 0 Å². The number of carbonyl (C=O) groups is 2. The average molecular weight is 333 g/mol. The summed E-state index contributed by atoms with van der Waals surface area (Å²) in [6, 6.07) is 0.262. The molecule has 1 unspecified atom stereocenters. The third-order valence-corrected chi connectivity index (χ3v) is 4.25. The lowest BCUT2D eigenvalue weighted by molar-refractivity contribution is -0.125. The normalized spacial score (nSPS) is 22.9. The summed E-state index contributed by atoms with van der Waals surface area (Å²) in [4.78, 5) is 25.9. The van der Waals surface area contributed by atoms with Crippen molar-refractivity contribution in [2.75, 3.05) is 32.7 Å². The second-order valence-electron chi connectivity index (χ2n) is 6.06.